The lowest BCUT2D eigenvalue weighted by atomic mass is 9.80. The van der Waals surface area contributed by atoms with Crippen LogP contribution in [0.3, 0.4) is 0 Å². The van der Waals surface area contributed by atoms with E-state index in [9.17, 15) is 4.79 Å². The first-order chi connectivity index (χ1) is 8.68. The Balaban J connectivity index is 1.99. The third-order valence-corrected chi connectivity index (χ3v) is 3.85. The number of carboxylic acid groups (broad SMARTS) is 1. The van der Waals surface area contributed by atoms with E-state index in [2.05, 4.69) is 17.2 Å². The van der Waals surface area contributed by atoms with Crippen LogP contribution in [0.5, 0.6) is 0 Å². The van der Waals surface area contributed by atoms with Crippen LogP contribution in [0.4, 0.5) is 5.69 Å². The fourth-order valence-corrected chi connectivity index (χ4v) is 2.66. The van der Waals surface area contributed by atoms with Crippen LogP contribution in [0, 0.1) is 11.8 Å². The van der Waals surface area contributed by atoms with Gasteiger partial charge in [0.2, 0.25) is 0 Å². The Kier molecular flexibility index (Phi) is 4.18. The maximum absolute atomic E-state index is 11.0. The van der Waals surface area contributed by atoms with Gasteiger partial charge >= 0.3 is 5.97 Å². The normalized spacial score (nSPS) is 23.6. The number of aromatic carboxylic acids is 1. The van der Waals surface area contributed by atoms with E-state index in [1.54, 1.807) is 12.1 Å². The summed E-state index contributed by atoms with van der Waals surface area (Å²) in [6.45, 7) is 3.12. The molecule has 2 unspecified atom stereocenters. The fourth-order valence-electron chi connectivity index (χ4n) is 2.66. The molecule has 18 heavy (non-hydrogen) atoms. The van der Waals surface area contributed by atoms with Crippen molar-refractivity contribution in [1.82, 2.24) is 4.98 Å². The molecule has 98 valence electrons. The van der Waals surface area contributed by atoms with Crippen LogP contribution < -0.4 is 5.32 Å². The predicted molar refractivity (Wildman–Crippen MR) is 70.8 cm³/mol. The van der Waals surface area contributed by atoms with Crippen LogP contribution in [0.1, 0.15) is 43.1 Å². The van der Waals surface area contributed by atoms with Gasteiger partial charge in [-0.15, -0.1) is 0 Å². The Morgan fingerprint density at radius 1 is 1.50 bits per heavy atom. The molecule has 0 spiro atoms. The lowest BCUT2D eigenvalue weighted by molar-refractivity contribution is 0.0691. The first-order valence-electron chi connectivity index (χ1n) is 6.60. The van der Waals surface area contributed by atoms with E-state index >= 15 is 0 Å². The van der Waals surface area contributed by atoms with Crippen molar-refractivity contribution >= 4 is 11.7 Å². The molecular formula is C14H20N2O2. The van der Waals surface area contributed by atoms with Crippen LogP contribution in [-0.2, 0) is 0 Å². The molecule has 0 aliphatic heterocycles. The number of anilines is 1. The Morgan fingerprint density at radius 2 is 2.28 bits per heavy atom. The van der Waals surface area contributed by atoms with Crippen LogP contribution in [-0.4, -0.2) is 22.6 Å². The number of carbonyl (C=O) groups is 1. The Morgan fingerprint density at radius 3 is 3.00 bits per heavy atom. The first-order valence-corrected chi connectivity index (χ1v) is 6.60. The van der Waals surface area contributed by atoms with E-state index in [-0.39, 0.29) is 5.69 Å². The predicted octanol–water partition coefficient (Wildman–Crippen LogP) is 3.02. The Hall–Kier alpha value is -1.58. The minimum absolute atomic E-state index is 0.112. The number of nitrogens with zero attached hydrogens (tertiary/aromatic N) is 1. The van der Waals surface area contributed by atoms with Gasteiger partial charge in [0.1, 0.15) is 0 Å². The summed E-state index contributed by atoms with van der Waals surface area (Å²) in [5, 5.41) is 12.3. The van der Waals surface area contributed by atoms with Gasteiger partial charge in [-0.1, -0.05) is 26.2 Å². The standard InChI is InChI=1S/C14H20N2O2/c1-10-5-2-3-6-11(10)9-16-12-7-4-8-15-13(12)14(17)18/h4,7-8,10-11,16H,2-3,5-6,9H2,1H3,(H,17,18). The highest BCUT2D eigenvalue weighted by Gasteiger charge is 2.21. The van der Waals surface area contributed by atoms with Crippen LogP contribution in [0.25, 0.3) is 0 Å². The molecule has 1 heterocycles. The second-order valence-electron chi connectivity index (χ2n) is 5.11. The molecule has 2 atom stereocenters. The molecule has 2 rings (SSSR count). The molecule has 1 aromatic rings. The average molecular weight is 248 g/mol. The molecule has 0 saturated heterocycles. The van der Waals surface area contributed by atoms with E-state index in [4.69, 9.17) is 5.11 Å². The summed E-state index contributed by atoms with van der Waals surface area (Å²) in [7, 11) is 0. The van der Waals surface area contributed by atoms with Gasteiger partial charge in [-0.3, -0.25) is 0 Å². The van der Waals surface area contributed by atoms with Crippen molar-refractivity contribution in [2.45, 2.75) is 32.6 Å². The zero-order chi connectivity index (χ0) is 13.0. The van der Waals surface area contributed by atoms with Gasteiger partial charge < -0.3 is 10.4 Å². The smallest absolute Gasteiger partial charge is 0.356 e. The third-order valence-electron chi connectivity index (χ3n) is 3.85. The SMILES string of the molecule is CC1CCCCC1CNc1cccnc1C(=O)O. The number of hydrogen-bond acceptors (Lipinski definition) is 3. The molecule has 2 N–H and O–H groups in total. The lowest BCUT2D eigenvalue weighted by Gasteiger charge is -2.29. The van der Waals surface area contributed by atoms with Gasteiger partial charge in [0.15, 0.2) is 5.69 Å². The molecular weight excluding hydrogens is 228 g/mol. The molecule has 4 heteroatoms. The van der Waals surface area contributed by atoms with E-state index in [1.807, 2.05) is 0 Å². The summed E-state index contributed by atoms with van der Waals surface area (Å²) in [5.74, 6) is 0.381. The molecule has 0 radical (unpaired) electrons. The minimum Gasteiger partial charge on any atom is -0.476 e. The number of rotatable bonds is 4. The lowest BCUT2D eigenvalue weighted by Crippen LogP contribution is -2.25. The van der Waals surface area contributed by atoms with Crippen molar-refractivity contribution in [2.75, 3.05) is 11.9 Å². The van der Waals surface area contributed by atoms with Crippen molar-refractivity contribution in [2.24, 2.45) is 11.8 Å². The highest BCUT2D eigenvalue weighted by atomic mass is 16.4. The molecule has 0 aromatic carbocycles. The summed E-state index contributed by atoms with van der Waals surface area (Å²) >= 11 is 0. The third kappa shape index (κ3) is 3.00. The Labute approximate surface area is 107 Å². The zero-order valence-electron chi connectivity index (χ0n) is 10.7. The van der Waals surface area contributed by atoms with Gasteiger partial charge in [0.05, 0.1) is 5.69 Å². The molecule has 1 saturated carbocycles. The largest absolute Gasteiger partial charge is 0.476 e. The van der Waals surface area contributed by atoms with E-state index in [1.165, 1.54) is 31.9 Å². The quantitative estimate of drug-likeness (QED) is 0.859. The van der Waals surface area contributed by atoms with Gasteiger partial charge in [-0.05, 0) is 30.4 Å². The van der Waals surface area contributed by atoms with Crippen molar-refractivity contribution in [3.05, 3.63) is 24.0 Å². The number of nitrogens with one attached hydrogen (secondary N) is 1. The summed E-state index contributed by atoms with van der Waals surface area (Å²) in [6, 6.07) is 3.54. The highest BCUT2D eigenvalue weighted by Crippen LogP contribution is 2.29. The minimum atomic E-state index is -0.977. The number of hydrogen-bond donors (Lipinski definition) is 2. The molecule has 0 amide bonds. The first kappa shape index (κ1) is 12.9. The average Bonchev–Trinajstić information content (AvgIpc) is 2.38. The summed E-state index contributed by atoms with van der Waals surface area (Å²) < 4.78 is 0. The van der Waals surface area contributed by atoms with Gasteiger partial charge in [0, 0.05) is 12.7 Å². The van der Waals surface area contributed by atoms with Crippen LogP contribution in [0.15, 0.2) is 18.3 Å². The second-order valence-corrected chi connectivity index (χ2v) is 5.11. The number of pyridine rings is 1. The Bertz CT molecular complexity index is 420. The molecule has 4 nitrogen and oxygen atoms in total. The fraction of sp³-hybridized carbons (Fsp3) is 0.571. The molecule has 0 bridgehead atoms. The summed E-state index contributed by atoms with van der Waals surface area (Å²) in [5.41, 5.74) is 0.740. The molecule has 1 fully saturated rings. The molecule has 1 aliphatic rings. The van der Waals surface area contributed by atoms with Crippen molar-refractivity contribution in [1.29, 1.82) is 0 Å². The van der Waals surface area contributed by atoms with Crippen molar-refractivity contribution in [3.8, 4) is 0 Å². The maximum Gasteiger partial charge on any atom is 0.356 e. The van der Waals surface area contributed by atoms with Gasteiger partial charge in [-0.2, -0.15) is 0 Å². The highest BCUT2D eigenvalue weighted by molar-refractivity contribution is 5.91. The molecule has 1 aromatic heterocycles. The summed E-state index contributed by atoms with van der Waals surface area (Å²) in [4.78, 5) is 14.9. The number of carboxylic acids is 1. The second kappa shape index (κ2) is 5.85. The van der Waals surface area contributed by atoms with Gasteiger partial charge in [-0.25, -0.2) is 9.78 Å². The monoisotopic (exact) mass is 248 g/mol. The molecule has 1 aliphatic carbocycles. The number of aromatic nitrogens is 1. The van der Waals surface area contributed by atoms with Crippen LogP contribution >= 0.6 is 0 Å². The van der Waals surface area contributed by atoms with Crippen LogP contribution in [0.2, 0.25) is 0 Å². The van der Waals surface area contributed by atoms with E-state index < -0.39 is 5.97 Å². The summed E-state index contributed by atoms with van der Waals surface area (Å²) in [6.07, 6.45) is 6.64. The van der Waals surface area contributed by atoms with Crippen molar-refractivity contribution < 1.29 is 9.90 Å². The maximum atomic E-state index is 11.0. The topological polar surface area (TPSA) is 62.2 Å². The van der Waals surface area contributed by atoms with E-state index in [0.717, 1.165) is 12.5 Å². The van der Waals surface area contributed by atoms with E-state index in [0.29, 0.717) is 11.6 Å². The van der Waals surface area contributed by atoms with Crippen molar-refractivity contribution in [3.63, 3.8) is 0 Å². The van der Waals surface area contributed by atoms with Gasteiger partial charge in [0.25, 0.3) is 0 Å². The zero-order valence-corrected chi connectivity index (χ0v) is 10.7.